The summed E-state index contributed by atoms with van der Waals surface area (Å²) in [4.78, 5) is 22.9. The molecule has 5 aromatic rings. The van der Waals surface area contributed by atoms with Gasteiger partial charge < -0.3 is 10.2 Å². The molecule has 9 heteroatoms. The fourth-order valence-corrected chi connectivity index (χ4v) is 5.15. The van der Waals surface area contributed by atoms with Crippen LogP contribution in [0.5, 0.6) is 0 Å². The SMILES string of the molecule is [C-]#[N+]c1ccc(-c2ccc3ncc4ccc(=O)n(-c5ccc(N6CCNCC6)c(C(F)(F)F)c5)c4c3c2)cc1. The number of piperazine rings is 1. The molecule has 1 N–H and O–H groups in total. The molecule has 6 nitrogen and oxygen atoms in total. The first-order valence-corrected chi connectivity index (χ1v) is 12.4. The van der Waals surface area contributed by atoms with Crippen LogP contribution in [0, 0.1) is 6.57 Å². The molecule has 0 amide bonds. The first-order chi connectivity index (χ1) is 18.8. The van der Waals surface area contributed by atoms with E-state index < -0.39 is 17.3 Å². The summed E-state index contributed by atoms with van der Waals surface area (Å²) in [6, 6.07) is 19.8. The van der Waals surface area contributed by atoms with Crippen LogP contribution in [0.1, 0.15) is 5.56 Å². The first kappa shape index (κ1) is 24.6. The Kier molecular flexibility index (Phi) is 6.04. The van der Waals surface area contributed by atoms with Crippen molar-refractivity contribution < 1.29 is 13.2 Å². The van der Waals surface area contributed by atoms with Crippen LogP contribution in [-0.4, -0.2) is 35.7 Å². The van der Waals surface area contributed by atoms with E-state index in [-0.39, 0.29) is 11.4 Å². The zero-order valence-electron chi connectivity index (χ0n) is 20.7. The maximum absolute atomic E-state index is 14.3. The summed E-state index contributed by atoms with van der Waals surface area (Å²) in [6.07, 6.45) is -2.98. The molecule has 0 aliphatic carbocycles. The molecule has 3 heterocycles. The van der Waals surface area contributed by atoms with E-state index in [1.807, 2.05) is 30.3 Å². The Bertz CT molecular complexity index is 1810. The maximum atomic E-state index is 14.3. The van der Waals surface area contributed by atoms with Gasteiger partial charge in [-0.2, -0.15) is 13.2 Å². The molecule has 0 bridgehead atoms. The summed E-state index contributed by atoms with van der Waals surface area (Å²) < 4.78 is 44.2. The summed E-state index contributed by atoms with van der Waals surface area (Å²) in [5.74, 6) is 0. The van der Waals surface area contributed by atoms with Crippen molar-refractivity contribution in [2.45, 2.75) is 6.18 Å². The largest absolute Gasteiger partial charge is 0.418 e. The lowest BCUT2D eigenvalue weighted by Gasteiger charge is -2.32. The molecule has 2 aromatic heterocycles. The first-order valence-electron chi connectivity index (χ1n) is 12.4. The van der Waals surface area contributed by atoms with E-state index in [1.54, 1.807) is 35.4 Å². The van der Waals surface area contributed by atoms with Crippen LogP contribution in [-0.2, 0) is 6.18 Å². The Morgan fingerprint density at radius 3 is 2.36 bits per heavy atom. The van der Waals surface area contributed by atoms with E-state index in [0.29, 0.717) is 53.7 Å². The molecule has 0 spiro atoms. The molecular formula is C30H22F3N5O. The Hall–Kier alpha value is -4.68. The molecule has 1 aliphatic rings. The normalized spacial score (nSPS) is 14.1. The van der Waals surface area contributed by atoms with Crippen LogP contribution >= 0.6 is 0 Å². The van der Waals surface area contributed by atoms with E-state index in [0.717, 1.165) is 17.2 Å². The number of rotatable bonds is 3. The number of nitrogens with one attached hydrogen (secondary N) is 1. The molecule has 0 atom stereocenters. The average Bonchev–Trinajstić information content (AvgIpc) is 2.96. The lowest BCUT2D eigenvalue weighted by atomic mass is 10.0. The Morgan fingerprint density at radius 1 is 0.897 bits per heavy atom. The van der Waals surface area contributed by atoms with E-state index in [2.05, 4.69) is 15.1 Å². The molecule has 0 unspecified atom stereocenters. The van der Waals surface area contributed by atoms with E-state index in [9.17, 15) is 18.0 Å². The van der Waals surface area contributed by atoms with Crippen molar-refractivity contribution in [1.82, 2.24) is 14.9 Å². The second-order valence-corrected chi connectivity index (χ2v) is 9.40. The third kappa shape index (κ3) is 4.49. The van der Waals surface area contributed by atoms with Crippen LogP contribution in [0.2, 0.25) is 0 Å². The van der Waals surface area contributed by atoms with E-state index in [4.69, 9.17) is 6.57 Å². The molecule has 194 valence electrons. The van der Waals surface area contributed by atoms with Gasteiger partial charge in [0.2, 0.25) is 0 Å². The van der Waals surface area contributed by atoms with Gasteiger partial charge in [0.1, 0.15) is 0 Å². The van der Waals surface area contributed by atoms with Crippen molar-refractivity contribution >= 4 is 33.2 Å². The van der Waals surface area contributed by atoms with Crippen LogP contribution in [0.4, 0.5) is 24.5 Å². The molecule has 6 rings (SSSR count). The van der Waals surface area contributed by atoms with Crippen molar-refractivity contribution in [1.29, 1.82) is 0 Å². The highest BCUT2D eigenvalue weighted by Gasteiger charge is 2.36. The highest BCUT2D eigenvalue weighted by atomic mass is 19.4. The van der Waals surface area contributed by atoms with Gasteiger partial charge in [0.05, 0.1) is 28.9 Å². The lowest BCUT2D eigenvalue weighted by Crippen LogP contribution is -2.44. The highest BCUT2D eigenvalue weighted by molar-refractivity contribution is 6.05. The van der Waals surface area contributed by atoms with Crippen LogP contribution in [0.15, 0.2) is 83.8 Å². The molecule has 3 aromatic carbocycles. The van der Waals surface area contributed by atoms with Gasteiger partial charge in [-0.1, -0.05) is 30.3 Å². The van der Waals surface area contributed by atoms with Gasteiger partial charge in [-0.3, -0.25) is 14.3 Å². The Morgan fingerprint density at radius 2 is 1.64 bits per heavy atom. The second kappa shape index (κ2) is 9.57. The zero-order chi connectivity index (χ0) is 27.1. The molecule has 39 heavy (non-hydrogen) atoms. The Balaban J connectivity index is 1.58. The highest BCUT2D eigenvalue weighted by Crippen LogP contribution is 2.39. The van der Waals surface area contributed by atoms with Gasteiger partial charge in [0.15, 0.2) is 5.69 Å². The monoisotopic (exact) mass is 525 g/mol. The number of nitrogens with zero attached hydrogens (tertiary/aromatic N) is 4. The summed E-state index contributed by atoms with van der Waals surface area (Å²) in [6.45, 7) is 9.31. The molecule has 1 aliphatic heterocycles. The van der Waals surface area contributed by atoms with Gasteiger partial charge >= 0.3 is 6.18 Å². The van der Waals surface area contributed by atoms with Crippen LogP contribution in [0.3, 0.4) is 0 Å². The summed E-state index contributed by atoms with van der Waals surface area (Å²) in [7, 11) is 0. The zero-order valence-corrected chi connectivity index (χ0v) is 20.7. The molecule has 0 saturated carbocycles. The quantitative estimate of drug-likeness (QED) is 0.226. The summed E-state index contributed by atoms with van der Waals surface area (Å²) in [5.41, 5.74) is 2.34. The number of pyridine rings is 2. The van der Waals surface area contributed by atoms with Crippen molar-refractivity contribution in [2.75, 3.05) is 31.1 Å². The Labute approximate surface area is 221 Å². The minimum atomic E-state index is -4.60. The third-order valence-corrected chi connectivity index (χ3v) is 7.05. The minimum Gasteiger partial charge on any atom is -0.368 e. The van der Waals surface area contributed by atoms with Gasteiger partial charge in [-0.15, -0.1) is 0 Å². The van der Waals surface area contributed by atoms with Crippen molar-refractivity contribution in [3.05, 3.63) is 106 Å². The van der Waals surface area contributed by atoms with Gasteiger partial charge in [-0.05, 0) is 47.5 Å². The maximum Gasteiger partial charge on any atom is 0.418 e. The van der Waals surface area contributed by atoms with Crippen molar-refractivity contribution in [3.63, 3.8) is 0 Å². The summed E-state index contributed by atoms with van der Waals surface area (Å²) >= 11 is 0. The number of hydrogen-bond acceptors (Lipinski definition) is 4. The number of aromatic nitrogens is 2. The van der Waals surface area contributed by atoms with E-state index in [1.165, 1.54) is 16.7 Å². The minimum absolute atomic E-state index is 0.109. The number of benzene rings is 3. The van der Waals surface area contributed by atoms with Gasteiger partial charge in [-0.25, -0.2) is 4.85 Å². The number of halogens is 3. The van der Waals surface area contributed by atoms with Crippen molar-refractivity contribution in [2.24, 2.45) is 0 Å². The van der Waals surface area contributed by atoms with E-state index >= 15 is 0 Å². The molecule has 0 radical (unpaired) electrons. The molecule has 1 fully saturated rings. The number of fused-ring (bicyclic) bond motifs is 3. The number of anilines is 1. The molecular weight excluding hydrogens is 503 g/mol. The number of alkyl halides is 3. The second-order valence-electron chi connectivity index (χ2n) is 9.40. The lowest BCUT2D eigenvalue weighted by molar-refractivity contribution is -0.137. The van der Waals surface area contributed by atoms with Crippen molar-refractivity contribution in [3.8, 4) is 16.8 Å². The summed E-state index contributed by atoms with van der Waals surface area (Å²) in [5, 5.41) is 4.42. The standard InChI is InChI=1S/C30H22F3N5O/c1-34-22-6-2-19(3-7-22)20-4-9-26-24(16-20)29-21(18-36-26)5-11-28(39)38(29)23-8-10-27(25(17-23)30(31,32)33)37-14-12-35-13-15-37/h2-11,16-18,35H,12-15H2. The fraction of sp³-hybridized carbons (Fsp3) is 0.167. The smallest absolute Gasteiger partial charge is 0.368 e. The van der Waals surface area contributed by atoms with Crippen LogP contribution in [0.25, 0.3) is 43.5 Å². The predicted octanol–water partition coefficient (Wildman–Crippen LogP) is 6.19. The van der Waals surface area contributed by atoms with Crippen LogP contribution < -0.4 is 15.8 Å². The average molecular weight is 526 g/mol. The third-order valence-electron chi connectivity index (χ3n) is 7.05. The van der Waals surface area contributed by atoms with Gasteiger partial charge in [0, 0.05) is 54.9 Å². The van der Waals surface area contributed by atoms with Gasteiger partial charge in [0.25, 0.3) is 5.56 Å². The number of hydrogen-bond donors (Lipinski definition) is 1. The fourth-order valence-electron chi connectivity index (χ4n) is 5.15. The topological polar surface area (TPSA) is 54.5 Å². The molecule has 1 saturated heterocycles. The predicted molar refractivity (Wildman–Crippen MR) is 147 cm³/mol.